The number of aliphatic hydroxyl groups is 1. The van der Waals surface area contributed by atoms with Crippen LogP contribution in [0.2, 0.25) is 0 Å². The van der Waals surface area contributed by atoms with E-state index in [1.165, 1.54) is 0 Å². The van der Waals surface area contributed by atoms with Gasteiger partial charge in [-0.1, -0.05) is 18.2 Å². The Morgan fingerprint density at radius 1 is 1.53 bits per heavy atom. The third kappa shape index (κ3) is 2.73. The van der Waals surface area contributed by atoms with E-state index in [-0.39, 0.29) is 11.8 Å². The predicted molar refractivity (Wildman–Crippen MR) is 68.2 cm³/mol. The Labute approximate surface area is 110 Å². The average Bonchev–Trinajstić information content (AvgIpc) is 2.88. The van der Waals surface area contributed by atoms with Gasteiger partial charge in [-0.3, -0.25) is 4.79 Å². The molecule has 1 aliphatic carbocycles. The molecule has 2 atom stereocenters. The summed E-state index contributed by atoms with van der Waals surface area (Å²) >= 11 is 11.7. The van der Waals surface area contributed by atoms with E-state index in [2.05, 4.69) is 5.32 Å². The van der Waals surface area contributed by atoms with E-state index >= 15 is 0 Å². The number of aliphatic hydroxyl groups excluding tert-OH is 1. The molecule has 0 radical (unpaired) electrons. The lowest BCUT2D eigenvalue weighted by atomic mass is 10.1. The zero-order valence-corrected chi connectivity index (χ0v) is 10.8. The standard InChI is InChI=1S/C12H13Cl2NO2/c1-7(16)8-4-2-3-5-10(8)15-11(17)9-6-12(9,13)14/h2-5,7,9,16H,6H2,1H3,(H,15,17). The van der Waals surface area contributed by atoms with Crippen molar-refractivity contribution in [2.75, 3.05) is 5.32 Å². The summed E-state index contributed by atoms with van der Waals surface area (Å²) in [6.07, 6.45) is -0.166. The summed E-state index contributed by atoms with van der Waals surface area (Å²) in [6, 6.07) is 7.11. The number of halogens is 2. The van der Waals surface area contributed by atoms with Crippen molar-refractivity contribution in [3.8, 4) is 0 Å². The summed E-state index contributed by atoms with van der Waals surface area (Å²) in [5, 5.41) is 12.3. The first-order valence-corrected chi connectivity index (χ1v) is 6.13. The summed E-state index contributed by atoms with van der Waals surface area (Å²) in [5.74, 6) is -0.573. The van der Waals surface area contributed by atoms with Gasteiger partial charge in [-0.15, -0.1) is 23.2 Å². The largest absolute Gasteiger partial charge is 0.389 e. The number of carbonyl (C=O) groups is 1. The molecule has 2 N–H and O–H groups in total. The maximum Gasteiger partial charge on any atom is 0.230 e. The Bertz CT molecular complexity index is 446. The second-order valence-electron chi connectivity index (χ2n) is 4.27. The second kappa shape index (κ2) is 4.48. The minimum Gasteiger partial charge on any atom is -0.389 e. The number of anilines is 1. The summed E-state index contributed by atoms with van der Waals surface area (Å²) in [4.78, 5) is 11.8. The van der Waals surface area contributed by atoms with Gasteiger partial charge in [-0.05, 0) is 19.4 Å². The Balaban J connectivity index is 2.11. The minimum absolute atomic E-state index is 0.205. The topological polar surface area (TPSA) is 49.3 Å². The van der Waals surface area contributed by atoms with Gasteiger partial charge in [0.05, 0.1) is 12.0 Å². The highest BCUT2D eigenvalue weighted by molar-refractivity contribution is 6.52. The molecule has 5 heteroatoms. The zero-order chi connectivity index (χ0) is 12.6. The van der Waals surface area contributed by atoms with E-state index in [4.69, 9.17) is 23.2 Å². The molecule has 92 valence electrons. The van der Waals surface area contributed by atoms with Gasteiger partial charge in [0.15, 0.2) is 0 Å². The van der Waals surface area contributed by atoms with Crippen molar-refractivity contribution in [1.82, 2.24) is 0 Å². The van der Waals surface area contributed by atoms with Gasteiger partial charge >= 0.3 is 0 Å². The molecule has 1 amide bonds. The van der Waals surface area contributed by atoms with E-state index in [9.17, 15) is 9.90 Å². The van der Waals surface area contributed by atoms with E-state index < -0.39 is 10.4 Å². The molecule has 1 saturated carbocycles. The number of rotatable bonds is 3. The van der Waals surface area contributed by atoms with Crippen molar-refractivity contribution in [3.63, 3.8) is 0 Å². The number of benzene rings is 1. The van der Waals surface area contributed by atoms with Crippen molar-refractivity contribution in [1.29, 1.82) is 0 Å². The van der Waals surface area contributed by atoms with E-state index in [1.807, 2.05) is 6.07 Å². The predicted octanol–water partition coefficient (Wildman–Crippen LogP) is 2.87. The van der Waals surface area contributed by atoms with Gasteiger partial charge in [0.2, 0.25) is 5.91 Å². The first kappa shape index (κ1) is 12.7. The van der Waals surface area contributed by atoms with E-state index in [0.29, 0.717) is 17.7 Å². The number of hydrogen-bond donors (Lipinski definition) is 2. The number of para-hydroxylation sites is 1. The van der Waals surface area contributed by atoms with Gasteiger partial charge in [-0.25, -0.2) is 0 Å². The molecule has 0 heterocycles. The fourth-order valence-corrected chi connectivity index (χ4v) is 2.20. The zero-order valence-electron chi connectivity index (χ0n) is 9.28. The average molecular weight is 274 g/mol. The lowest BCUT2D eigenvalue weighted by Crippen LogP contribution is -2.18. The van der Waals surface area contributed by atoms with Gasteiger partial charge in [0.1, 0.15) is 4.33 Å². The lowest BCUT2D eigenvalue weighted by molar-refractivity contribution is -0.117. The first-order valence-electron chi connectivity index (χ1n) is 5.37. The number of amides is 1. The Hall–Kier alpha value is -0.770. The molecule has 1 aromatic rings. The third-order valence-corrected chi connectivity index (χ3v) is 3.65. The lowest BCUT2D eigenvalue weighted by Gasteiger charge is -2.12. The molecule has 17 heavy (non-hydrogen) atoms. The van der Waals surface area contributed by atoms with Crippen LogP contribution < -0.4 is 5.32 Å². The highest BCUT2D eigenvalue weighted by Crippen LogP contribution is 2.53. The molecule has 1 aliphatic rings. The Morgan fingerprint density at radius 2 is 2.12 bits per heavy atom. The monoisotopic (exact) mass is 273 g/mol. The van der Waals surface area contributed by atoms with Crippen LogP contribution in [0.25, 0.3) is 0 Å². The highest BCUT2D eigenvalue weighted by atomic mass is 35.5. The third-order valence-electron chi connectivity index (χ3n) is 2.81. The molecule has 0 saturated heterocycles. The molecule has 0 spiro atoms. The van der Waals surface area contributed by atoms with Gasteiger partial charge in [-0.2, -0.15) is 0 Å². The molecular formula is C12H13Cl2NO2. The van der Waals surface area contributed by atoms with Crippen LogP contribution in [-0.4, -0.2) is 15.3 Å². The summed E-state index contributed by atoms with van der Waals surface area (Å²) in [6.45, 7) is 1.65. The molecule has 1 fully saturated rings. The summed E-state index contributed by atoms with van der Waals surface area (Å²) in [7, 11) is 0. The Kier molecular flexibility index (Phi) is 3.34. The summed E-state index contributed by atoms with van der Waals surface area (Å²) < 4.78 is -0.927. The number of carbonyl (C=O) groups excluding carboxylic acids is 1. The molecule has 0 bridgehead atoms. The minimum atomic E-state index is -0.927. The second-order valence-corrected chi connectivity index (χ2v) is 5.81. The Morgan fingerprint density at radius 3 is 2.65 bits per heavy atom. The van der Waals surface area contributed by atoms with Crippen LogP contribution in [0.5, 0.6) is 0 Å². The van der Waals surface area contributed by atoms with Crippen LogP contribution in [0.1, 0.15) is 25.0 Å². The van der Waals surface area contributed by atoms with Gasteiger partial charge in [0.25, 0.3) is 0 Å². The fourth-order valence-electron chi connectivity index (χ4n) is 1.69. The number of hydrogen-bond acceptors (Lipinski definition) is 2. The molecule has 2 unspecified atom stereocenters. The normalized spacial score (nSPS) is 22.9. The van der Waals surface area contributed by atoms with Crippen molar-refractivity contribution in [2.24, 2.45) is 5.92 Å². The van der Waals surface area contributed by atoms with Crippen LogP contribution in [0.15, 0.2) is 24.3 Å². The maximum atomic E-state index is 11.8. The quantitative estimate of drug-likeness (QED) is 0.833. The summed E-state index contributed by atoms with van der Waals surface area (Å²) in [5.41, 5.74) is 1.28. The van der Waals surface area contributed by atoms with Crippen LogP contribution >= 0.6 is 23.2 Å². The highest BCUT2D eigenvalue weighted by Gasteiger charge is 2.56. The molecule has 0 aromatic heterocycles. The van der Waals surface area contributed by atoms with E-state index in [1.54, 1.807) is 25.1 Å². The van der Waals surface area contributed by atoms with Crippen molar-refractivity contribution in [3.05, 3.63) is 29.8 Å². The van der Waals surface area contributed by atoms with E-state index in [0.717, 1.165) is 0 Å². The number of nitrogens with one attached hydrogen (secondary N) is 1. The molecule has 0 aliphatic heterocycles. The maximum absolute atomic E-state index is 11.8. The van der Waals surface area contributed by atoms with Crippen LogP contribution in [0.4, 0.5) is 5.69 Å². The van der Waals surface area contributed by atoms with Crippen molar-refractivity contribution >= 4 is 34.8 Å². The fraction of sp³-hybridized carbons (Fsp3) is 0.417. The van der Waals surface area contributed by atoms with Crippen LogP contribution in [-0.2, 0) is 4.79 Å². The van der Waals surface area contributed by atoms with Crippen LogP contribution in [0, 0.1) is 5.92 Å². The molecule has 2 rings (SSSR count). The first-order chi connectivity index (χ1) is 7.92. The molecule has 1 aromatic carbocycles. The smallest absolute Gasteiger partial charge is 0.230 e. The molecule has 3 nitrogen and oxygen atoms in total. The van der Waals surface area contributed by atoms with Gasteiger partial charge in [0, 0.05) is 11.3 Å². The number of alkyl halides is 2. The van der Waals surface area contributed by atoms with Crippen molar-refractivity contribution in [2.45, 2.75) is 23.8 Å². The van der Waals surface area contributed by atoms with Gasteiger partial charge < -0.3 is 10.4 Å². The van der Waals surface area contributed by atoms with Crippen LogP contribution in [0.3, 0.4) is 0 Å². The SMILES string of the molecule is CC(O)c1ccccc1NC(=O)C1CC1(Cl)Cl. The van der Waals surface area contributed by atoms with Crippen molar-refractivity contribution < 1.29 is 9.90 Å². The molecular weight excluding hydrogens is 261 g/mol.